The zero-order valence-electron chi connectivity index (χ0n) is 12.8. The normalized spacial score (nSPS) is 10.5. The summed E-state index contributed by atoms with van der Waals surface area (Å²) in [5, 5.41) is 5.59. The number of amides is 2. The topological polar surface area (TPSA) is 58.2 Å². The van der Waals surface area contributed by atoms with Crippen LogP contribution in [0.1, 0.15) is 12.8 Å². The first-order valence-electron chi connectivity index (χ1n) is 7.06. The largest absolute Gasteiger partial charge is 0.324 e. The molecule has 2 amide bonds. The lowest BCUT2D eigenvalue weighted by molar-refractivity contribution is -0.121. The summed E-state index contributed by atoms with van der Waals surface area (Å²) in [5.74, 6) is -0.504. The van der Waals surface area contributed by atoms with Crippen molar-refractivity contribution in [2.24, 2.45) is 0 Å². The number of carbonyl (C=O) groups is 2. The quantitative estimate of drug-likeness (QED) is 0.332. The van der Waals surface area contributed by atoms with Crippen molar-refractivity contribution in [3.05, 3.63) is 51.1 Å². The van der Waals surface area contributed by atoms with Gasteiger partial charge >= 0.3 is 0 Å². The van der Waals surface area contributed by atoms with Crippen LogP contribution < -0.4 is 10.6 Å². The van der Waals surface area contributed by atoms with Gasteiger partial charge in [-0.3, -0.25) is 9.59 Å². The first-order chi connectivity index (χ1) is 12.2. The van der Waals surface area contributed by atoms with Gasteiger partial charge in [-0.2, -0.15) is 0 Å². The van der Waals surface area contributed by atoms with Crippen LogP contribution in [-0.2, 0) is 9.59 Å². The molecule has 26 heavy (non-hydrogen) atoms. The van der Waals surface area contributed by atoms with E-state index >= 15 is 0 Å². The molecule has 0 fully saturated rings. The maximum absolute atomic E-state index is 12.2. The highest BCUT2D eigenvalue weighted by Crippen LogP contribution is 2.35. The molecule has 138 valence electrons. The van der Waals surface area contributed by atoms with Crippen molar-refractivity contribution in [2.45, 2.75) is 12.8 Å². The summed E-state index contributed by atoms with van der Waals surface area (Å²) in [6.07, 6.45) is 0.124. The molecule has 0 aliphatic heterocycles. The zero-order valence-corrected chi connectivity index (χ0v) is 22.3. The molecule has 0 atom stereocenters. The number of hydrogen-bond acceptors (Lipinski definition) is 2. The lowest BCUT2D eigenvalue weighted by Crippen LogP contribution is -2.18. The Bertz CT molecular complexity index is 754. The van der Waals surface area contributed by atoms with E-state index in [0.29, 0.717) is 11.4 Å². The van der Waals surface area contributed by atoms with E-state index in [1.807, 2.05) is 24.3 Å². The van der Waals surface area contributed by atoms with E-state index in [-0.39, 0.29) is 24.7 Å². The van der Waals surface area contributed by atoms with Crippen molar-refractivity contribution >= 4 is 119 Å². The summed E-state index contributed by atoms with van der Waals surface area (Å²) in [7, 11) is 0. The lowest BCUT2D eigenvalue weighted by atomic mass is 10.2. The Morgan fingerprint density at radius 2 is 0.885 bits per heavy atom. The van der Waals surface area contributed by atoms with Crippen LogP contribution in [0.4, 0.5) is 11.4 Å². The standard InChI is InChI=1S/C16H10Br6N2O2/c17-7-3-9(19)15(10(20)4-7)23-13(25)1-2-14(26)24-16-11(21)5-8(18)6-12(16)22/h3-6H,1-2H2,(H,23,25)(H,24,26). The van der Waals surface area contributed by atoms with E-state index in [4.69, 9.17) is 0 Å². The SMILES string of the molecule is O=C(CCC(=O)Nc1c(Br)cc(Br)cc1Br)Nc1c(Br)cc(Br)cc1Br. The minimum absolute atomic E-state index is 0.0620. The second-order valence-electron chi connectivity index (χ2n) is 5.09. The molecular formula is C16H10Br6N2O2. The number of benzene rings is 2. The van der Waals surface area contributed by atoms with E-state index in [0.717, 1.165) is 26.8 Å². The summed E-state index contributed by atoms with van der Waals surface area (Å²) in [6, 6.07) is 7.32. The molecule has 0 bridgehead atoms. The Morgan fingerprint density at radius 1 is 0.615 bits per heavy atom. The Hall–Kier alpha value is 0.260. The van der Waals surface area contributed by atoms with Crippen molar-refractivity contribution < 1.29 is 9.59 Å². The number of nitrogens with one attached hydrogen (secondary N) is 2. The highest BCUT2D eigenvalue weighted by molar-refractivity contribution is 9.12. The Kier molecular flexibility index (Phi) is 8.81. The average Bonchev–Trinajstić information content (AvgIpc) is 2.52. The molecule has 2 N–H and O–H groups in total. The Labute approximate surface area is 201 Å². The van der Waals surface area contributed by atoms with Crippen LogP contribution in [0.25, 0.3) is 0 Å². The molecule has 0 spiro atoms. The third-order valence-corrected chi connectivity index (χ3v) is 6.54. The predicted octanol–water partition coefficient (Wildman–Crippen LogP) is 7.62. The Morgan fingerprint density at radius 3 is 1.15 bits per heavy atom. The van der Waals surface area contributed by atoms with E-state index in [9.17, 15) is 9.59 Å². The fraction of sp³-hybridized carbons (Fsp3) is 0.125. The first-order valence-corrected chi connectivity index (χ1v) is 11.8. The third-order valence-electron chi connectivity index (χ3n) is 3.12. The molecule has 2 aromatic rings. The molecule has 0 aromatic heterocycles. The number of rotatable bonds is 5. The monoisotopic (exact) mass is 736 g/mol. The predicted molar refractivity (Wildman–Crippen MR) is 126 cm³/mol. The minimum atomic E-state index is -0.252. The van der Waals surface area contributed by atoms with E-state index < -0.39 is 0 Å². The molecular weight excluding hydrogens is 732 g/mol. The van der Waals surface area contributed by atoms with Gasteiger partial charge < -0.3 is 10.6 Å². The van der Waals surface area contributed by atoms with Crippen molar-refractivity contribution in [3.63, 3.8) is 0 Å². The van der Waals surface area contributed by atoms with Crippen LogP contribution in [0.3, 0.4) is 0 Å². The molecule has 10 heteroatoms. The summed E-state index contributed by atoms with van der Waals surface area (Å²) in [5.41, 5.74) is 1.24. The van der Waals surface area contributed by atoms with Crippen LogP contribution in [0.15, 0.2) is 51.1 Å². The van der Waals surface area contributed by atoms with Gasteiger partial charge in [-0.25, -0.2) is 0 Å². The molecule has 0 radical (unpaired) electrons. The highest BCUT2D eigenvalue weighted by atomic mass is 79.9. The number of anilines is 2. The number of halogens is 6. The molecule has 4 nitrogen and oxygen atoms in total. The summed E-state index contributed by atoms with van der Waals surface area (Å²) < 4.78 is 4.69. The number of carbonyl (C=O) groups excluding carboxylic acids is 2. The van der Waals surface area contributed by atoms with Gasteiger partial charge in [-0.05, 0) is 88.0 Å². The molecule has 0 aliphatic carbocycles. The van der Waals surface area contributed by atoms with Crippen LogP contribution in [-0.4, -0.2) is 11.8 Å². The molecule has 0 saturated carbocycles. The fourth-order valence-corrected chi connectivity index (χ4v) is 6.87. The van der Waals surface area contributed by atoms with Gasteiger partial charge in [0.05, 0.1) is 11.4 Å². The molecule has 0 heterocycles. The molecule has 2 aromatic carbocycles. The average molecular weight is 742 g/mol. The van der Waals surface area contributed by atoms with E-state index in [1.54, 1.807) is 0 Å². The fourth-order valence-electron chi connectivity index (χ4n) is 1.95. The first kappa shape index (κ1) is 22.5. The summed E-state index contributed by atoms with van der Waals surface area (Å²) in [6.45, 7) is 0. The second-order valence-corrected chi connectivity index (χ2v) is 10.3. The lowest BCUT2D eigenvalue weighted by Gasteiger charge is -2.12. The second kappa shape index (κ2) is 10.2. The van der Waals surface area contributed by atoms with Gasteiger partial charge in [-0.1, -0.05) is 31.9 Å². The Balaban J connectivity index is 1.95. The van der Waals surface area contributed by atoms with Crippen LogP contribution in [0, 0.1) is 0 Å². The van der Waals surface area contributed by atoms with Gasteiger partial charge in [0.25, 0.3) is 0 Å². The minimum Gasteiger partial charge on any atom is -0.324 e. The van der Waals surface area contributed by atoms with Crippen molar-refractivity contribution in [1.29, 1.82) is 0 Å². The van der Waals surface area contributed by atoms with Gasteiger partial charge in [0, 0.05) is 39.7 Å². The van der Waals surface area contributed by atoms with E-state index in [1.165, 1.54) is 0 Å². The van der Waals surface area contributed by atoms with Gasteiger partial charge in [0.2, 0.25) is 11.8 Å². The van der Waals surface area contributed by atoms with Gasteiger partial charge in [0.1, 0.15) is 0 Å². The molecule has 0 unspecified atom stereocenters. The molecule has 0 aliphatic rings. The third kappa shape index (κ3) is 6.41. The maximum Gasteiger partial charge on any atom is 0.224 e. The number of hydrogen-bond donors (Lipinski definition) is 2. The van der Waals surface area contributed by atoms with Gasteiger partial charge in [-0.15, -0.1) is 0 Å². The maximum atomic E-state index is 12.2. The smallest absolute Gasteiger partial charge is 0.224 e. The van der Waals surface area contributed by atoms with E-state index in [2.05, 4.69) is 106 Å². The van der Waals surface area contributed by atoms with Crippen molar-refractivity contribution in [2.75, 3.05) is 10.6 Å². The van der Waals surface area contributed by atoms with Crippen LogP contribution >= 0.6 is 95.6 Å². The van der Waals surface area contributed by atoms with Crippen LogP contribution in [0.2, 0.25) is 0 Å². The van der Waals surface area contributed by atoms with Crippen molar-refractivity contribution in [1.82, 2.24) is 0 Å². The van der Waals surface area contributed by atoms with Crippen LogP contribution in [0.5, 0.6) is 0 Å². The molecule has 2 rings (SSSR count). The van der Waals surface area contributed by atoms with Crippen molar-refractivity contribution in [3.8, 4) is 0 Å². The molecule has 0 saturated heterocycles. The summed E-state index contributed by atoms with van der Waals surface area (Å²) in [4.78, 5) is 24.3. The highest BCUT2D eigenvalue weighted by Gasteiger charge is 2.14. The zero-order chi connectivity index (χ0) is 19.4. The van der Waals surface area contributed by atoms with Gasteiger partial charge in [0.15, 0.2) is 0 Å². The summed E-state index contributed by atoms with van der Waals surface area (Å²) >= 11 is 20.4.